The van der Waals surface area contributed by atoms with Gasteiger partial charge in [-0.1, -0.05) is 197 Å². The minimum Gasteiger partial charge on any atom is -0.477 e. The molecule has 0 saturated carbocycles. The first-order valence-electron chi connectivity index (χ1n) is 26.8. The molecule has 0 heterocycles. The lowest BCUT2D eigenvalue weighted by atomic mass is 10.1. The van der Waals surface area contributed by atoms with Crippen molar-refractivity contribution in [2.45, 2.75) is 244 Å². The molecule has 0 aromatic rings. The number of quaternary nitrogens is 1. The number of nitrogens with zero attached hydrogens (tertiary/aromatic N) is 1. The van der Waals surface area contributed by atoms with Crippen molar-refractivity contribution >= 4 is 17.9 Å². The quantitative estimate of drug-likeness (QED) is 0.0213. The van der Waals surface area contributed by atoms with E-state index in [1.54, 1.807) is 0 Å². The molecule has 1 N–H and O–H groups in total. The van der Waals surface area contributed by atoms with Gasteiger partial charge in [-0.05, 0) is 77.0 Å². The number of ether oxygens (including phenoxy) is 3. The highest BCUT2D eigenvalue weighted by atomic mass is 16.6. The van der Waals surface area contributed by atoms with Crippen molar-refractivity contribution in [1.29, 1.82) is 0 Å². The summed E-state index contributed by atoms with van der Waals surface area (Å²) in [6, 6.07) is -0.618. The number of likely N-dealkylation sites (N-methyl/N-ethyl adjacent to an activating group) is 1. The zero-order valence-corrected chi connectivity index (χ0v) is 42.9. The minimum absolute atomic E-state index is 0.0561. The number of esters is 2. The van der Waals surface area contributed by atoms with Crippen molar-refractivity contribution in [3.05, 3.63) is 60.8 Å². The van der Waals surface area contributed by atoms with Crippen LogP contribution >= 0.6 is 0 Å². The minimum atomic E-state index is -0.876. The molecular weight excluding hydrogens is 811 g/mol. The number of hydrogen-bond acceptors (Lipinski definition) is 6. The van der Waals surface area contributed by atoms with Gasteiger partial charge in [0.1, 0.15) is 6.61 Å². The fourth-order valence-corrected chi connectivity index (χ4v) is 7.74. The van der Waals surface area contributed by atoms with E-state index in [2.05, 4.69) is 74.6 Å². The zero-order chi connectivity index (χ0) is 47.7. The zero-order valence-electron chi connectivity index (χ0n) is 42.9. The number of hydrogen-bond donors (Lipinski definition) is 1. The average Bonchev–Trinajstić information content (AvgIpc) is 3.27. The Kier molecular flexibility index (Phi) is 45.3. The molecule has 0 radical (unpaired) electrons. The molecule has 0 amide bonds. The maximum Gasteiger partial charge on any atom is 0.362 e. The summed E-state index contributed by atoms with van der Waals surface area (Å²) in [5, 5.41) is 9.66. The molecule has 0 rings (SSSR count). The van der Waals surface area contributed by atoms with E-state index in [0.717, 1.165) is 51.4 Å². The van der Waals surface area contributed by atoms with Crippen LogP contribution in [0.4, 0.5) is 0 Å². The van der Waals surface area contributed by atoms with Crippen molar-refractivity contribution in [3.8, 4) is 0 Å². The van der Waals surface area contributed by atoms with E-state index < -0.39 is 18.1 Å². The summed E-state index contributed by atoms with van der Waals surface area (Å²) in [5.41, 5.74) is 0. The third-order valence-electron chi connectivity index (χ3n) is 11.9. The number of aliphatic carboxylic acids is 1. The first-order chi connectivity index (χ1) is 31.6. The van der Waals surface area contributed by atoms with Crippen molar-refractivity contribution in [3.63, 3.8) is 0 Å². The van der Waals surface area contributed by atoms with Crippen LogP contribution in [0.3, 0.4) is 0 Å². The fraction of sp³-hybridized carbons (Fsp3) is 0.772. The van der Waals surface area contributed by atoms with E-state index in [4.69, 9.17) is 14.2 Å². The summed E-state index contributed by atoms with van der Waals surface area (Å²) in [5.74, 6) is -1.47. The Morgan fingerprint density at radius 2 is 0.862 bits per heavy atom. The first-order valence-corrected chi connectivity index (χ1v) is 26.8. The van der Waals surface area contributed by atoms with Gasteiger partial charge in [-0.15, -0.1) is 0 Å². The van der Waals surface area contributed by atoms with Crippen LogP contribution in [0.5, 0.6) is 0 Å². The van der Waals surface area contributed by atoms with Crippen molar-refractivity contribution in [2.24, 2.45) is 0 Å². The van der Waals surface area contributed by atoms with E-state index in [1.165, 1.54) is 148 Å². The Bertz CT molecular complexity index is 1250. The second-order valence-corrected chi connectivity index (χ2v) is 19.2. The standard InChI is InChI=1S/C57H101NO7/c1-6-8-10-12-14-16-18-20-22-24-26-27-28-30-31-33-35-37-39-41-43-45-47-55(59)64-52-53(51-63-50-49-54(57(61)62)58(3,4)5)65-56(60)48-46-44-42-40-38-36-34-32-29-25-23-21-19-17-15-13-11-9-7-2/h14-17,19-22,26-27,53-54H,6-13,18,23-25,28-52H2,1-5H3/p+1/b16-14+,17-15+,21-19+,22-20+,27-26+. The van der Waals surface area contributed by atoms with E-state index in [9.17, 15) is 19.5 Å². The number of carboxylic acids is 1. The Labute approximate surface area is 400 Å². The van der Waals surface area contributed by atoms with Crippen LogP contribution in [-0.2, 0) is 28.6 Å². The molecule has 0 aliphatic heterocycles. The summed E-state index contributed by atoms with van der Waals surface area (Å²) in [4.78, 5) is 37.2. The molecule has 0 saturated heterocycles. The highest BCUT2D eigenvalue weighted by Gasteiger charge is 2.31. The lowest BCUT2D eigenvalue weighted by Gasteiger charge is -2.31. The number of carbonyl (C=O) groups excluding carboxylic acids is 2. The van der Waals surface area contributed by atoms with Crippen LogP contribution in [0.25, 0.3) is 0 Å². The topological polar surface area (TPSA) is 99.1 Å². The molecule has 2 unspecified atom stereocenters. The lowest BCUT2D eigenvalue weighted by molar-refractivity contribution is -0.887. The van der Waals surface area contributed by atoms with Crippen LogP contribution in [0, 0.1) is 0 Å². The molecule has 0 fully saturated rings. The van der Waals surface area contributed by atoms with E-state index >= 15 is 0 Å². The molecule has 0 aliphatic rings. The lowest BCUT2D eigenvalue weighted by Crippen LogP contribution is -2.50. The Hall–Kier alpha value is -2.97. The molecular formula is C57H102NO7+. The highest BCUT2D eigenvalue weighted by Crippen LogP contribution is 2.15. The molecule has 0 aromatic heterocycles. The maximum absolute atomic E-state index is 12.8. The van der Waals surface area contributed by atoms with Crippen LogP contribution in [0.1, 0.15) is 232 Å². The third kappa shape index (κ3) is 46.0. The Balaban J connectivity index is 4.23. The third-order valence-corrected chi connectivity index (χ3v) is 11.9. The second kappa shape index (κ2) is 47.5. The van der Waals surface area contributed by atoms with Gasteiger partial charge in [0.15, 0.2) is 12.1 Å². The van der Waals surface area contributed by atoms with Gasteiger partial charge in [0.2, 0.25) is 0 Å². The Morgan fingerprint density at radius 1 is 0.477 bits per heavy atom. The molecule has 8 heteroatoms. The predicted molar refractivity (Wildman–Crippen MR) is 275 cm³/mol. The predicted octanol–water partition coefficient (Wildman–Crippen LogP) is 15.7. The Morgan fingerprint density at radius 3 is 1.29 bits per heavy atom. The molecule has 0 bridgehead atoms. The van der Waals surface area contributed by atoms with Crippen LogP contribution in [0.2, 0.25) is 0 Å². The molecule has 65 heavy (non-hydrogen) atoms. The SMILES string of the molecule is CCCCC/C=C/C=C/CCCCCCCCCCCCC(=O)OC(COCCC(C(=O)O)[N+](C)(C)C)COC(=O)CCCCCCCCCCC/C=C/C/C=C/C/C=C/CCCCC. The number of carboxylic acid groups (broad SMARTS) is 1. The normalized spacial score (nSPS) is 13.3. The highest BCUT2D eigenvalue weighted by molar-refractivity contribution is 5.72. The number of unbranched alkanes of at least 4 members (excludes halogenated alkanes) is 25. The summed E-state index contributed by atoms with van der Waals surface area (Å²) in [7, 11) is 5.54. The van der Waals surface area contributed by atoms with Crippen molar-refractivity contribution in [1.82, 2.24) is 0 Å². The summed E-state index contributed by atoms with van der Waals surface area (Å²) in [6.45, 7) is 4.69. The van der Waals surface area contributed by atoms with E-state index in [1.807, 2.05) is 21.1 Å². The molecule has 2 atom stereocenters. The molecule has 0 aromatic carbocycles. The van der Waals surface area contributed by atoms with E-state index in [-0.39, 0.29) is 36.2 Å². The van der Waals surface area contributed by atoms with Gasteiger partial charge in [0.25, 0.3) is 0 Å². The molecule has 376 valence electrons. The summed E-state index contributed by atoms with van der Waals surface area (Å²) >= 11 is 0. The van der Waals surface area contributed by atoms with Gasteiger partial charge in [-0.2, -0.15) is 0 Å². The van der Waals surface area contributed by atoms with Crippen molar-refractivity contribution < 1.29 is 38.2 Å². The molecule has 0 spiro atoms. The van der Waals surface area contributed by atoms with Crippen molar-refractivity contribution in [2.75, 3.05) is 41.0 Å². The van der Waals surface area contributed by atoms with Crippen LogP contribution < -0.4 is 0 Å². The molecule has 8 nitrogen and oxygen atoms in total. The van der Waals surface area contributed by atoms with Crippen LogP contribution in [-0.4, -0.2) is 80.6 Å². The summed E-state index contributed by atoms with van der Waals surface area (Å²) < 4.78 is 17.4. The number of carbonyl (C=O) groups is 3. The maximum atomic E-state index is 12.8. The van der Waals surface area contributed by atoms with Crippen LogP contribution in [0.15, 0.2) is 60.8 Å². The monoisotopic (exact) mass is 913 g/mol. The van der Waals surface area contributed by atoms with Gasteiger partial charge in [-0.3, -0.25) is 9.59 Å². The second-order valence-electron chi connectivity index (χ2n) is 19.2. The molecule has 0 aliphatic carbocycles. The van der Waals surface area contributed by atoms with E-state index in [0.29, 0.717) is 19.3 Å². The van der Waals surface area contributed by atoms with Gasteiger partial charge in [-0.25, -0.2) is 4.79 Å². The smallest absolute Gasteiger partial charge is 0.362 e. The largest absolute Gasteiger partial charge is 0.477 e. The van der Waals surface area contributed by atoms with Gasteiger partial charge >= 0.3 is 17.9 Å². The summed E-state index contributed by atoms with van der Waals surface area (Å²) in [6.07, 6.45) is 59.8. The van der Waals surface area contributed by atoms with Gasteiger partial charge in [0.05, 0.1) is 34.4 Å². The number of allylic oxidation sites excluding steroid dienone is 10. The van der Waals surface area contributed by atoms with Gasteiger partial charge < -0.3 is 23.8 Å². The fourth-order valence-electron chi connectivity index (χ4n) is 7.74. The average molecular weight is 913 g/mol. The first kappa shape index (κ1) is 62.0. The number of rotatable bonds is 48. The van der Waals surface area contributed by atoms with Gasteiger partial charge in [0, 0.05) is 19.3 Å².